The fourth-order valence-corrected chi connectivity index (χ4v) is 4.19. The van der Waals surface area contributed by atoms with E-state index in [1.54, 1.807) is 30.3 Å². The van der Waals surface area contributed by atoms with Crippen molar-refractivity contribution >= 4 is 11.9 Å². The molecule has 3 aromatic rings. The average molecular weight is 439 g/mol. The Labute approximate surface area is 182 Å². The molecule has 1 unspecified atom stereocenters. The summed E-state index contributed by atoms with van der Waals surface area (Å²) in [5.41, 5.74) is -0.408. The maximum absolute atomic E-state index is 15.2. The van der Waals surface area contributed by atoms with Crippen LogP contribution in [0.3, 0.4) is 0 Å². The van der Waals surface area contributed by atoms with Crippen molar-refractivity contribution in [1.29, 1.82) is 0 Å². The molecule has 0 heterocycles. The molecule has 3 aromatic carbocycles. The molecule has 1 N–H and O–H groups in total. The fraction of sp³-hybridized carbons (Fsp3) is 0.167. The second kappa shape index (κ2) is 8.05. The van der Waals surface area contributed by atoms with Gasteiger partial charge in [0.05, 0.1) is 12.7 Å². The minimum Gasteiger partial charge on any atom is -0.496 e. The first-order valence-electron chi connectivity index (χ1n) is 9.69. The molecule has 164 valence electrons. The molecule has 0 radical (unpaired) electrons. The summed E-state index contributed by atoms with van der Waals surface area (Å²) in [6.45, 7) is -0.506. The van der Waals surface area contributed by atoms with Crippen molar-refractivity contribution in [3.8, 4) is 16.9 Å². The molecule has 32 heavy (non-hydrogen) atoms. The van der Waals surface area contributed by atoms with E-state index >= 15 is 4.39 Å². The largest absolute Gasteiger partial charge is 0.496 e. The number of hydrogen-bond donors (Lipinski definition) is 1. The summed E-state index contributed by atoms with van der Waals surface area (Å²) in [5.74, 6) is -2.30. The molecular weight excluding hydrogens is 420 g/mol. The van der Waals surface area contributed by atoms with Crippen molar-refractivity contribution in [3.63, 3.8) is 0 Å². The number of fused-ring (bicyclic) bond motifs is 2. The Morgan fingerprint density at radius 2 is 1.78 bits per heavy atom. The number of likely N-dealkylation sites (N-methyl/N-ethyl adjacent to an activating group) is 1. The Morgan fingerprint density at radius 1 is 1.06 bits per heavy atom. The number of carbonyl (C=O) groups excluding carboxylic acids is 1. The molecule has 1 atom stereocenters. The van der Waals surface area contributed by atoms with Crippen molar-refractivity contribution in [2.75, 3.05) is 20.7 Å². The summed E-state index contributed by atoms with van der Waals surface area (Å²) < 4.78 is 34.9. The minimum absolute atomic E-state index is 0.110. The third kappa shape index (κ3) is 3.11. The standard InChI is InChI=1S/C24H19F2NO5/c1-27(13-19(28)29)23(30)15-9-6-10-16(11-15)24(32-26)20-17(14-7-4-3-5-8-14)12-18(25)21(24)22(20)31-2/h3-12H,13H2,1-2H3,(H,28,29). The lowest BCUT2D eigenvalue weighted by molar-refractivity contribution is -0.214. The number of benzene rings is 3. The monoisotopic (exact) mass is 439 g/mol. The van der Waals surface area contributed by atoms with Gasteiger partial charge < -0.3 is 14.7 Å². The highest BCUT2D eigenvalue weighted by Gasteiger charge is 2.56. The van der Waals surface area contributed by atoms with Gasteiger partial charge in [-0.05, 0) is 39.4 Å². The van der Waals surface area contributed by atoms with Crippen molar-refractivity contribution in [1.82, 2.24) is 4.90 Å². The van der Waals surface area contributed by atoms with E-state index in [-0.39, 0.29) is 22.4 Å². The van der Waals surface area contributed by atoms with E-state index in [2.05, 4.69) is 4.94 Å². The molecule has 1 aliphatic carbocycles. The van der Waals surface area contributed by atoms with Gasteiger partial charge in [-0.2, -0.15) is 4.94 Å². The number of carbonyl (C=O) groups is 2. The first kappa shape index (κ1) is 21.5. The van der Waals surface area contributed by atoms with Crippen molar-refractivity contribution < 1.29 is 33.3 Å². The highest BCUT2D eigenvalue weighted by Crippen LogP contribution is 2.61. The second-order valence-corrected chi connectivity index (χ2v) is 7.45. The molecule has 1 amide bonds. The van der Waals surface area contributed by atoms with E-state index in [9.17, 15) is 14.1 Å². The van der Waals surface area contributed by atoms with Gasteiger partial charge in [-0.3, -0.25) is 9.59 Å². The van der Waals surface area contributed by atoms with Gasteiger partial charge in [-0.25, -0.2) is 4.39 Å². The van der Waals surface area contributed by atoms with Crippen molar-refractivity contribution in [2.24, 2.45) is 0 Å². The lowest BCUT2D eigenvalue weighted by Gasteiger charge is -2.43. The molecular formula is C24H19F2NO5. The molecule has 4 rings (SSSR count). The van der Waals surface area contributed by atoms with Crippen LogP contribution < -0.4 is 4.74 Å². The average Bonchev–Trinajstić information content (AvgIpc) is 2.79. The Bertz CT molecular complexity index is 1210. The Balaban J connectivity index is 1.87. The van der Waals surface area contributed by atoms with Gasteiger partial charge in [-0.15, -0.1) is 0 Å². The summed E-state index contributed by atoms with van der Waals surface area (Å²) in [6, 6.07) is 16.0. The highest BCUT2D eigenvalue weighted by atomic mass is 19.3. The van der Waals surface area contributed by atoms with E-state index in [1.807, 2.05) is 0 Å². The quantitative estimate of drug-likeness (QED) is 0.598. The van der Waals surface area contributed by atoms with E-state index in [0.29, 0.717) is 16.7 Å². The zero-order chi connectivity index (χ0) is 23.0. The number of nitrogens with zero attached hydrogens (tertiary/aromatic N) is 1. The molecule has 2 bridgehead atoms. The van der Waals surface area contributed by atoms with Crippen molar-refractivity contribution in [3.05, 3.63) is 88.7 Å². The number of carboxylic acids is 1. The van der Waals surface area contributed by atoms with E-state index in [0.717, 1.165) is 4.90 Å². The van der Waals surface area contributed by atoms with E-state index < -0.39 is 29.8 Å². The topological polar surface area (TPSA) is 76.1 Å². The molecule has 0 saturated heterocycles. The lowest BCUT2D eigenvalue weighted by Crippen LogP contribution is -2.41. The zero-order valence-corrected chi connectivity index (χ0v) is 17.3. The van der Waals surface area contributed by atoms with Crippen LogP contribution in [-0.4, -0.2) is 42.6 Å². The molecule has 0 aliphatic heterocycles. The van der Waals surface area contributed by atoms with Crippen LogP contribution in [0.25, 0.3) is 11.1 Å². The van der Waals surface area contributed by atoms with Gasteiger partial charge in [0.15, 0.2) is 5.60 Å². The first-order chi connectivity index (χ1) is 15.3. The van der Waals surface area contributed by atoms with Crippen LogP contribution in [0, 0.1) is 5.82 Å². The fourth-order valence-electron chi connectivity index (χ4n) is 4.19. The van der Waals surface area contributed by atoms with E-state index in [4.69, 9.17) is 9.84 Å². The number of methoxy groups -OCH3 is 1. The number of halogens is 2. The van der Waals surface area contributed by atoms with Crippen LogP contribution >= 0.6 is 0 Å². The number of hydrogen-bond acceptors (Lipinski definition) is 4. The number of carboxylic acid groups (broad SMARTS) is 1. The molecule has 6 nitrogen and oxygen atoms in total. The predicted molar refractivity (Wildman–Crippen MR) is 112 cm³/mol. The molecule has 0 fully saturated rings. The summed E-state index contributed by atoms with van der Waals surface area (Å²) in [7, 11) is 2.70. The molecule has 1 aliphatic rings. The first-order valence-corrected chi connectivity index (χ1v) is 9.69. The molecule has 0 spiro atoms. The zero-order valence-electron chi connectivity index (χ0n) is 17.3. The van der Waals surface area contributed by atoms with Crippen LogP contribution in [0.4, 0.5) is 8.92 Å². The SMILES string of the molecule is COc1c2c(F)cc(-c3ccccc3)c1C2(OF)c1cccc(C(=O)N(C)CC(=O)O)c1. The van der Waals surface area contributed by atoms with Crippen LogP contribution in [-0.2, 0) is 15.3 Å². The van der Waals surface area contributed by atoms with Gasteiger partial charge in [0, 0.05) is 18.2 Å². The summed E-state index contributed by atoms with van der Waals surface area (Å²) in [6.07, 6.45) is 0. The number of ether oxygens (including phenoxy) is 1. The Kier molecular flexibility index (Phi) is 5.40. The molecule has 8 heteroatoms. The van der Waals surface area contributed by atoms with Gasteiger partial charge in [0.1, 0.15) is 18.1 Å². The third-order valence-corrected chi connectivity index (χ3v) is 5.58. The summed E-state index contributed by atoms with van der Waals surface area (Å²) in [5, 5.41) is 8.94. The van der Waals surface area contributed by atoms with Gasteiger partial charge in [0.2, 0.25) is 0 Å². The van der Waals surface area contributed by atoms with Gasteiger partial charge in [0.25, 0.3) is 5.91 Å². The number of amides is 1. The van der Waals surface area contributed by atoms with Crippen LogP contribution in [0.1, 0.15) is 27.0 Å². The molecule has 0 aromatic heterocycles. The van der Waals surface area contributed by atoms with Crippen LogP contribution in [0.15, 0.2) is 60.7 Å². The van der Waals surface area contributed by atoms with Gasteiger partial charge in [-0.1, -0.05) is 42.5 Å². The highest BCUT2D eigenvalue weighted by molar-refractivity contribution is 5.96. The van der Waals surface area contributed by atoms with Crippen LogP contribution in [0.5, 0.6) is 5.75 Å². The minimum atomic E-state index is -1.92. The lowest BCUT2D eigenvalue weighted by atomic mass is 9.66. The summed E-state index contributed by atoms with van der Waals surface area (Å²) >= 11 is 0. The second-order valence-electron chi connectivity index (χ2n) is 7.45. The number of aliphatic carboxylic acids is 1. The Hall–Kier alpha value is -3.78. The normalized spacial score (nSPS) is 16.2. The third-order valence-electron chi connectivity index (χ3n) is 5.58. The summed E-state index contributed by atoms with van der Waals surface area (Å²) in [4.78, 5) is 29.1. The van der Waals surface area contributed by atoms with Crippen LogP contribution in [0.2, 0.25) is 0 Å². The predicted octanol–water partition coefficient (Wildman–Crippen LogP) is 4.16. The maximum Gasteiger partial charge on any atom is 0.323 e. The number of rotatable bonds is 7. The molecule has 0 saturated carbocycles. The van der Waals surface area contributed by atoms with Gasteiger partial charge >= 0.3 is 5.97 Å². The smallest absolute Gasteiger partial charge is 0.323 e. The van der Waals surface area contributed by atoms with E-state index in [1.165, 1.54) is 44.5 Å². The maximum atomic E-state index is 15.2. The van der Waals surface area contributed by atoms with Crippen molar-refractivity contribution in [2.45, 2.75) is 5.60 Å². The Morgan fingerprint density at radius 3 is 2.41 bits per heavy atom.